The highest BCUT2D eigenvalue weighted by Crippen LogP contribution is 2.28. The summed E-state index contributed by atoms with van der Waals surface area (Å²) in [4.78, 5) is 29.6. The molecule has 0 unspecified atom stereocenters. The van der Waals surface area contributed by atoms with E-state index in [0.717, 1.165) is 19.4 Å². The first-order valence-corrected chi connectivity index (χ1v) is 9.92. The lowest BCUT2D eigenvalue weighted by atomic mass is 9.97. The average molecular weight is 392 g/mol. The fourth-order valence-corrected chi connectivity index (χ4v) is 3.98. The summed E-state index contributed by atoms with van der Waals surface area (Å²) in [7, 11) is 0. The second kappa shape index (κ2) is 8.87. The van der Waals surface area contributed by atoms with E-state index in [1.807, 2.05) is 13.8 Å². The first-order valence-electron chi connectivity index (χ1n) is 9.92. The van der Waals surface area contributed by atoms with Gasteiger partial charge in [-0.25, -0.2) is 9.18 Å². The van der Waals surface area contributed by atoms with E-state index in [1.54, 1.807) is 6.07 Å². The van der Waals surface area contributed by atoms with Crippen molar-refractivity contribution >= 4 is 17.6 Å². The number of amides is 3. The molecule has 154 valence electrons. The summed E-state index contributed by atoms with van der Waals surface area (Å²) in [6, 6.07) is 3.25. The van der Waals surface area contributed by atoms with Crippen LogP contribution in [0.5, 0.6) is 0 Å². The number of benzene rings is 1. The van der Waals surface area contributed by atoms with Gasteiger partial charge in [0, 0.05) is 31.4 Å². The number of hydrogen-bond donors (Lipinski definition) is 3. The van der Waals surface area contributed by atoms with Crippen LogP contribution in [-0.2, 0) is 11.3 Å². The minimum absolute atomic E-state index is 0.0325. The Morgan fingerprint density at radius 2 is 2.25 bits per heavy atom. The van der Waals surface area contributed by atoms with Gasteiger partial charge in [-0.1, -0.05) is 20.3 Å². The molecular weight excluding hydrogens is 363 g/mol. The SMILES string of the molecule is CC[C@H](C)[C@H]1C(=O)Nc2ccc(F)cc2CN1C(=O)N[C@H]1CCN(CCO)C1. The van der Waals surface area contributed by atoms with Gasteiger partial charge in [-0.3, -0.25) is 9.69 Å². The van der Waals surface area contributed by atoms with E-state index in [9.17, 15) is 14.0 Å². The van der Waals surface area contributed by atoms with Gasteiger partial charge in [-0.15, -0.1) is 0 Å². The van der Waals surface area contributed by atoms with Crippen molar-refractivity contribution in [3.8, 4) is 0 Å². The van der Waals surface area contributed by atoms with Gasteiger partial charge in [0.15, 0.2) is 0 Å². The summed E-state index contributed by atoms with van der Waals surface area (Å²) in [5.74, 6) is -0.687. The van der Waals surface area contributed by atoms with Crippen molar-refractivity contribution in [1.29, 1.82) is 0 Å². The topological polar surface area (TPSA) is 84.9 Å². The number of urea groups is 1. The molecule has 3 amide bonds. The maximum Gasteiger partial charge on any atom is 0.318 e. The number of carbonyl (C=O) groups is 2. The fraction of sp³-hybridized carbons (Fsp3) is 0.600. The number of hydrogen-bond acceptors (Lipinski definition) is 4. The molecule has 7 nitrogen and oxygen atoms in total. The van der Waals surface area contributed by atoms with E-state index in [4.69, 9.17) is 5.11 Å². The lowest BCUT2D eigenvalue weighted by Gasteiger charge is -2.33. The Labute approximate surface area is 164 Å². The molecule has 3 N–H and O–H groups in total. The van der Waals surface area contributed by atoms with Gasteiger partial charge < -0.3 is 20.6 Å². The molecule has 1 fully saturated rings. The van der Waals surface area contributed by atoms with Crippen LogP contribution < -0.4 is 10.6 Å². The second-order valence-electron chi connectivity index (χ2n) is 7.71. The molecule has 0 spiro atoms. The van der Waals surface area contributed by atoms with E-state index in [0.29, 0.717) is 24.3 Å². The molecule has 8 heteroatoms. The van der Waals surface area contributed by atoms with Crippen LogP contribution in [0.1, 0.15) is 32.3 Å². The maximum absolute atomic E-state index is 13.8. The molecule has 1 saturated heterocycles. The largest absolute Gasteiger partial charge is 0.395 e. The molecule has 3 atom stereocenters. The molecule has 28 heavy (non-hydrogen) atoms. The third-order valence-corrected chi connectivity index (χ3v) is 5.73. The predicted octanol–water partition coefficient (Wildman–Crippen LogP) is 1.77. The summed E-state index contributed by atoms with van der Waals surface area (Å²) in [5, 5.41) is 15.0. The Bertz CT molecular complexity index is 729. The van der Waals surface area contributed by atoms with Crippen molar-refractivity contribution in [3.63, 3.8) is 0 Å². The maximum atomic E-state index is 13.8. The first kappa shape index (κ1) is 20.5. The van der Waals surface area contributed by atoms with Gasteiger partial charge >= 0.3 is 6.03 Å². The van der Waals surface area contributed by atoms with Gasteiger partial charge in [0.25, 0.3) is 0 Å². The summed E-state index contributed by atoms with van der Waals surface area (Å²) < 4.78 is 13.8. The Kier molecular flexibility index (Phi) is 6.51. The van der Waals surface area contributed by atoms with Gasteiger partial charge in [-0.05, 0) is 36.1 Å². The van der Waals surface area contributed by atoms with E-state index in [1.165, 1.54) is 17.0 Å². The monoisotopic (exact) mass is 392 g/mol. The molecule has 0 aromatic heterocycles. The number of rotatable bonds is 5. The number of aliphatic hydroxyl groups is 1. The zero-order valence-corrected chi connectivity index (χ0v) is 16.4. The number of aliphatic hydroxyl groups excluding tert-OH is 1. The van der Waals surface area contributed by atoms with Gasteiger partial charge in [0.1, 0.15) is 11.9 Å². The van der Waals surface area contributed by atoms with Crippen LogP contribution in [0.15, 0.2) is 18.2 Å². The van der Waals surface area contributed by atoms with Crippen LogP contribution >= 0.6 is 0 Å². The van der Waals surface area contributed by atoms with Crippen molar-refractivity contribution in [2.45, 2.75) is 45.3 Å². The minimum Gasteiger partial charge on any atom is -0.395 e. The molecule has 2 heterocycles. The highest BCUT2D eigenvalue weighted by molar-refractivity contribution is 5.98. The smallest absolute Gasteiger partial charge is 0.318 e. The lowest BCUT2D eigenvalue weighted by Crippen LogP contribution is -2.54. The summed E-state index contributed by atoms with van der Waals surface area (Å²) in [6.07, 6.45) is 1.53. The summed E-state index contributed by atoms with van der Waals surface area (Å²) in [6.45, 7) is 6.25. The number of nitrogens with zero attached hydrogens (tertiary/aromatic N) is 2. The Hall–Kier alpha value is -2.19. The number of carbonyl (C=O) groups excluding carboxylic acids is 2. The normalized spacial score (nSPS) is 23.7. The van der Waals surface area contributed by atoms with Crippen molar-refractivity contribution < 1.29 is 19.1 Å². The summed E-state index contributed by atoms with van der Waals surface area (Å²) in [5.41, 5.74) is 1.13. The van der Waals surface area contributed by atoms with Crippen molar-refractivity contribution in [3.05, 3.63) is 29.6 Å². The molecule has 0 bridgehead atoms. The van der Waals surface area contributed by atoms with E-state index in [-0.39, 0.29) is 37.0 Å². The third-order valence-electron chi connectivity index (χ3n) is 5.73. The lowest BCUT2D eigenvalue weighted by molar-refractivity contribution is -0.121. The van der Waals surface area contributed by atoms with E-state index >= 15 is 0 Å². The van der Waals surface area contributed by atoms with Crippen molar-refractivity contribution in [2.75, 3.05) is 31.6 Å². The van der Waals surface area contributed by atoms with Crippen LogP contribution in [0.25, 0.3) is 0 Å². The Morgan fingerprint density at radius 1 is 1.46 bits per heavy atom. The molecule has 1 aromatic carbocycles. The van der Waals surface area contributed by atoms with Gasteiger partial charge in [-0.2, -0.15) is 0 Å². The standard InChI is InChI=1S/C20H29FN4O3/c1-3-13(2)18-19(27)23-17-5-4-15(21)10-14(17)11-25(18)20(28)22-16-6-7-24(12-16)8-9-26/h4-5,10,13,16,18,26H,3,6-9,11-12H2,1-2H3,(H,22,28)(H,23,27)/t13-,16-,18-/m0/s1. The molecule has 0 radical (unpaired) electrons. The highest BCUT2D eigenvalue weighted by Gasteiger charge is 2.38. The Morgan fingerprint density at radius 3 is 2.96 bits per heavy atom. The minimum atomic E-state index is -0.629. The van der Waals surface area contributed by atoms with Crippen LogP contribution in [0.3, 0.4) is 0 Å². The molecule has 0 aliphatic carbocycles. The molecule has 3 rings (SSSR count). The summed E-state index contributed by atoms with van der Waals surface area (Å²) >= 11 is 0. The van der Waals surface area contributed by atoms with Crippen LogP contribution in [0, 0.1) is 11.7 Å². The third kappa shape index (κ3) is 4.44. The second-order valence-corrected chi connectivity index (χ2v) is 7.71. The van der Waals surface area contributed by atoms with Crippen molar-refractivity contribution in [2.24, 2.45) is 5.92 Å². The Balaban J connectivity index is 1.81. The van der Waals surface area contributed by atoms with E-state index in [2.05, 4.69) is 15.5 Å². The quantitative estimate of drug-likeness (QED) is 0.713. The molecule has 2 aliphatic heterocycles. The number of halogens is 1. The van der Waals surface area contributed by atoms with Crippen LogP contribution in [-0.4, -0.2) is 65.2 Å². The first-order chi connectivity index (χ1) is 13.4. The van der Waals surface area contributed by atoms with Crippen LogP contribution in [0.4, 0.5) is 14.9 Å². The molecule has 2 aliphatic rings. The number of anilines is 1. The van der Waals surface area contributed by atoms with Crippen LogP contribution in [0.2, 0.25) is 0 Å². The highest BCUT2D eigenvalue weighted by atomic mass is 19.1. The predicted molar refractivity (Wildman–Crippen MR) is 104 cm³/mol. The number of nitrogens with one attached hydrogen (secondary N) is 2. The van der Waals surface area contributed by atoms with E-state index < -0.39 is 11.9 Å². The molecular formula is C20H29FN4O3. The van der Waals surface area contributed by atoms with Gasteiger partial charge in [0.2, 0.25) is 5.91 Å². The average Bonchev–Trinajstić information content (AvgIpc) is 3.03. The zero-order chi connectivity index (χ0) is 20.3. The zero-order valence-electron chi connectivity index (χ0n) is 16.4. The fourth-order valence-electron chi connectivity index (χ4n) is 3.98. The number of fused-ring (bicyclic) bond motifs is 1. The number of β-amino-alcohol motifs (C(OH)–C–C–N with tert-alkyl or cyclic N) is 1. The van der Waals surface area contributed by atoms with Crippen molar-refractivity contribution in [1.82, 2.24) is 15.1 Å². The van der Waals surface area contributed by atoms with Gasteiger partial charge in [0.05, 0.1) is 13.2 Å². The number of likely N-dealkylation sites (tertiary alicyclic amines) is 1. The molecule has 0 saturated carbocycles. The molecule has 1 aromatic rings.